The van der Waals surface area contributed by atoms with Gasteiger partial charge >= 0.3 is 0 Å². The first-order chi connectivity index (χ1) is 11.8. The molecule has 1 heterocycles. The van der Waals surface area contributed by atoms with E-state index in [0.717, 1.165) is 12.3 Å². The molecule has 2 aromatic carbocycles. The van der Waals surface area contributed by atoms with E-state index in [1.54, 1.807) is 18.2 Å². The first-order valence-corrected chi connectivity index (χ1v) is 9.23. The second-order valence-corrected chi connectivity index (χ2v) is 7.42. The molecule has 0 N–H and O–H groups in total. The molecule has 4 rings (SSSR count). The fraction of sp³-hybridized carbons (Fsp3) is 0.455. The second kappa shape index (κ2) is 7.80. The van der Waals surface area contributed by atoms with Gasteiger partial charge in [-0.25, -0.2) is 0 Å². The third kappa shape index (κ3) is 3.70. The molecule has 2 aromatic rings. The van der Waals surface area contributed by atoms with E-state index >= 15 is 0 Å². The summed E-state index contributed by atoms with van der Waals surface area (Å²) in [5.74, 6) is 0.940. The van der Waals surface area contributed by atoms with Gasteiger partial charge in [-0.05, 0) is 79.4 Å². The van der Waals surface area contributed by atoms with Crippen molar-refractivity contribution in [2.45, 2.75) is 44.1 Å². The molecule has 0 saturated carbocycles. The average molecular weight is 358 g/mol. The standard InChI is InChI=1S/C22H27NO.ClH/c1-24-20-10-8-18(9-11-20)17-23-15-13-22(14-16-23)12-4-6-19-5-2-3-7-21(19)22;/h2-3,5,7-11H,4,6,12-17H2,1H3;1H. The molecule has 2 aliphatic rings. The molecule has 1 aliphatic carbocycles. The van der Waals surface area contributed by atoms with E-state index in [1.165, 1.54) is 50.8 Å². The molecule has 1 aliphatic heterocycles. The van der Waals surface area contributed by atoms with Crippen LogP contribution in [-0.4, -0.2) is 25.1 Å². The maximum absolute atomic E-state index is 5.25. The van der Waals surface area contributed by atoms with Crippen molar-refractivity contribution >= 4 is 12.4 Å². The molecule has 0 amide bonds. The molecule has 1 fully saturated rings. The Morgan fingerprint density at radius 1 is 0.960 bits per heavy atom. The summed E-state index contributed by atoms with van der Waals surface area (Å²) in [4.78, 5) is 2.62. The summed E-state index contributed by atoms with van der Waals surface area (Å²) in [5.41, 5.74) is 5.09. The molecule has 1 spiro atoms. The van der Waals surface area contributed by atoms with Crippen molar-refractivity contribution in [3.8, 4) is 5.75 Å². The number of ether oxygens (including phenoxy) is 1. The van der Waals surface area contributed by atoms with Crippen molar-refractivity contribution in [2.24, 2.45) is 0 Å². The molecule has 134 valence electrons. The number of halogens is 1. The molecule has 0 atom stereocenters. The number of piperidine rings is 1. The lowest BCUT2D eigenvalue weighted by Crippen LogP contribution is -2.44. The molecule has 0 radical (unpaired) electrons. The molecular weight excluding hydrogens is 330 g/mol. The van der Waals surface area contributed by atoms with Crippen molar-refractivity contribution in [3.05, 3.63) is 65.2 Å². The molecule has 1 saturated heterocycles. The number of fused-ring (bicyclic) bond motifs is 2. The van der Waals surface area contributed by atoms with Crippen LogP contribution in [0.15, 0.2) is 48.5 Å². The van der Waals surface area contributed by atoms with Crippen LogP contribution in [0.4, 0.5) is 0 Å². The third-order valence-electron chi connectivity index (χ3n) is 6.07. The first-order valence-electron chi connectivity index (χ1n) is 9.23. The van der Waals surface area contributed by atoms with Crippen LogP contribution >= 0.6 is 12.4 Å². The highest BCUT2D eigenvalue weighted by atomic mass is 35.5. The van der Waals surface area contributed by atoms with Gasteiger partial charge in [0, 0.05) is 6.54 Å². The normalized spacial score (nSPS) is 19.1. The number of likely N-dealkylation sites (tertiary alicyclic amines) is 1. The number of aryl methyl sites for hydroxylation is 1. The monoisotopic (exact) mass is 357 g/mol. The number of hydrogen-bond acceptors (Lipinski definition) is 2. The molecule has 0 aromatic heterocycles. The lowest BCUT2D eigenvalue weighted by Gasteiger charge is -2.45. The third-order valence-corrected chi connectivity index (χ3v) is 6.07. The fourth-order valence-electron chi connectivity index (χ4n) is 4.66. The van der Waals surface area contributed by atoms with Crippen molar-refractivity contribution in [1.82, 2.24) is 4.90 Å². The van der Waals surface area contributed by atoms with Gasteiger partial charge in [-0.3, -0.25) is 4.90 Å². The van der Waals surface area contributed by atoms with Crippen LogP contribution in [0.3, 0.4) is 0 Å². The van der Waals surface area contributed by atoms with E-state index < -0.39 is 0 Å². The summed E-state index contributed by atoms with van der Waals surface area (Å²) in [6.45, 7) is 3.47. The van der Waals surface area contributed by atoms with Gasteiger partial charge in [0.1, 0.15) is 5.75 Å². The maximum Gasteiger partial charge on any atom is 0.118 e. The van der Waals surface area contributed by atoms with Crippen molar-refractivity contribution in [1.29, 1.82) is 0 Å². The van der Waals surface area contributed by atoms with Gasteiger partial charge in [-0.2, -0.15) is 0 Å². The first kappa shape index (κ1) is 18.3. The Balaban J connectivity index is 0.00000182. The highest BCUT2D eigenvalue weighted by Crippen LogP contribution is 2.44. The number of nitrogens with zero attached hydrogens (tertiary/aromatic N) is 1. The van der Waals surface area contributed by atoms with Gasteiger partial charge in [0.25, 0.3) is 0 Å². The quantitative estimate of drug-likeness (QED) is 0.767. The summed E-state index contributed by atoms with van der Waals surface area (Å²) in [6.07, 6.45) is 6.61. The second-order valence-electron chi connectivity index (χ2n) is 7.42. The summed E-state index contributed by atoms with van der Waals surface area (Å²) < 4.78 is 5.25. The highest BCUT2D eigenvalue weighted by molar-refractivity contribution is 5.85. The Morgan fingerprint density at radius 2 is 1.68 bits per heavy atom. The zero-order valence-corrected chi connectivity index (χ0v) is 15.9. The smallest absolute Gasteiger partial charge is 0.118 e. The van der Waals surface area contributed by atoms with Crippen molar-refractivity contribution in [3.63, 3.8) is 0 Å². The van der Waals surface area contributed by atoms with Crippen LogP contribution in [-0.2, 0) is 18.4 Å². The summed E-state index contributed by atoms with van der Waals surface area (Å²) in [6, 6.07) is 17.7. The minimum absolute atomic E-state index is 0. The molecule has 3 heteroatoms. The van der Waals surface area contributed by atoms with Gasteiger partial charge in [0.05, 0.1) is 7.11 Å². The molecule has 25 heavy (non-hydrogen) atoms. The number of hydrogen-bond donors (Lipinski definition) is 0. The van der Waals surface area contributed by atoms with Crippen LogP contribution < -0.4 is 4.74 Å². The van der Waals surface area contributed by atoms with Crippen molar-refractivity contribution < 1.29 is 4.74 Å². The lowest BCUT2D eigenvalue weighted by molar-refractivity contribution is 0.139. The van der Waals surface area contributed by atoms with Gasteiger partial charge in [-0.15, -0.1) is 12.4 Å². The van der Waals surface area contributed by atoms with E-state index in [9.17, 15) is 0 Å². The molecule has 0 bridgehead atoms. The van der Waals surface area contributed by atoms with Gasteiger partial charge in [-0.1, -0.05) is 36.4 Å². The predicted molar refractivity (Wildman–Crippen MR) is 106 cm³/mol. The Hall–Kier alpha value is -1.51. The highest BCUT2D eigenvalue weighted by Gasteiger charge is 2.38. The lowest BCUT2D eigenvalue weighted by atomic mass is 9.65. The van der Waals surface area contributed by atoms with Crippen LogP contribution in [0.2, 0.25) is 0 Å². The van der Waals surface area contributed by atoms with E-state index in [-0.39, 0.29) is 12.4 Å². The largest absolute Gasteiger partial charge is 0.497 e. The Morgan fingerprint density at radius 3 is 2.40 bits per heavy atom. The number of methoxy groups -OCH3 is 1. The summed E-state index contributed by atoms with van der Waals surface area (Å²) >= 11 is 0. The fourth-order valence-corrected chi connectivity index (χ4v) is 4.66. The maximum atomic E-state index is 5.25. The Kier molecular flexibility index (Phi) is 5.71. The summed E-state index contributed by atoms with van der Waals surface area (Å²) in [7, 11) is 1.72. The molecule has 0 unspecified atom stereocenters. The van der Waals surface area contributed by atoms with Gasteiger partial charge in [0.15, 0.2) is 0 Å². The predicted octanol–water partition coefficient (Wildman–Crippen LogP) is 4.99. The number of benzene rings is 2. The van der Waals surface area contributed by atoms with Crippen LogP contribution in [0.5, 0.6) is 5.75 Å². The average Bonchev–Trinajstić information content (AvgIpc) is 2.65. The Labute approximate surface area is 157 Å². The van der Waals surface area contributed by atoms with E-state index in [1.807, 2.05) is 0 Å². The zero-order chi connectivity index (χ0) is 16.4. The topological polar surface area (TPSA) is 12.5 Å². The minimum Gasteiger partial charge on any atom is -0.497 e. The van der Waals surface area contributed by atoms with E-state index in [0.29, 0.717) is 5.41 Å². The van der Waals surface area contributed by atoms with Crippen molar-refractivity contribution in [2.75, 3.05) is 20.2 Å². The van der Waals surface area contributed by atoms with E-state index in [2.05, 4.69) is 53.4 Å². The van der Waals surface area contributed by atoms with Gasteiger partial charge < -0.3 is 4.74 Å². The van der Waals surface area contributed by atoms with Gasteiger partial charge in [0.2, 0.25) is 0 Å². The van der Waals surface area contributed by atoms with Crippen LogP contribution in [0, 0.1) is 0 Å². The molecule has 2 nitrogen and oxygen atoms in total. The summed E-state index contributed by atoms with van der Waals surface area (Å²) in [5, 5.41) is 0. The minimum atomic E-state index is 0. The number of rotatable bonds is 3. The van der Waals surface area contributed by atoms with E-state index in [4.69, 9.17) is 4.74 Å². The van der Waals surface area contributed by atoms with Crippen LogP contribution in [0.1, 0.15) is 42.4 Å². The molecular formula is C22H28ClNO. The van der Waals surface area contributed by atoms with Crippen LogP contribution in [0.25, 0.3) is 0 Å². The zero-order valence-electron chi connectivity index (χ0n) is 15.0. The SMILES string of the molecule is COc1ccc(CN2CCC3(CCCc4ccccc43)CC2)cc1.Cl. The Bertz CT molecular complexity index is 689.